The second-order valence-electron chi connectivity index (χ2n) is 9.22. The molecule has 31 heavy (non-hydrogen) atoms. The van der Waals surface area contributed by atoms with E-state index in [9.17, 15) is 4.79 Å². The average molecular weight is 446 g/mol. The van der Waals surface area contributed by atoms with Crippen LogP contribution in [0.5, 0.6) is 0 Å². The molecule has 4 rings (SSSR count). The Balaban J connectivity index is 1.19. The second kappa shape index (κ2) is 9.61. The number of piperidine rings is 1. The summed E-state index contributed by atoms with van der Waals surface area (Å²) in [7, 11) is 0. The molecule has 1 amide bonds. The van der Waals surface area contributed by atoms with Crippen molar-refractivity contribution in [3.05, 3.63) is 41.5 Å². The van der Waals surface area contributed by atoms with Crippen LogP contribution in [0.1, 0.15) is 63.7 Å². The Morgan fingerprint density at radius 2 is 1.87 bits per heavy atom. The van der Waals surface area contributed by atoms with E-state index in [1.54, 1.807) is 4.90 Å². The number of hydrogen-bond acceptors (Lipinski definition) is 7. The van der Waals surface area contributed by atoms with Gasteiger partial charge >= 0.3 is 6.09 Å². The Morgan fingerprint density at radius 1 is 1.16 bits per heavy atom. The zero-order valence-corrected chi connectivity index (χ0v) is 19.3. The molecule has 2 fully saturated rings. The maximum atomic E-state index is 12.2. The van der Waals surface area contributed by atoms with Crippen molar-refractivity contribution in [1.82, 2.24) is 15.0 Å². The lowest BCUT2D eigenvalue weighted by atomic mass is 10.1. The molecule has 0 unspecified atom stereocenters. The van der Waals surface area contributed by atoms with Crippen LogP contribution < -0.4 is 0 Å². The van der Waals surface area contributed by atoms with Crippen molar-refractivity contribution in [3.8, 4) is 0 Å². The Hall–Kier alpha value is -2.06. The fourth-order valence-electron chi connectivity index (χ4n) is 3.38. The molecule has 2 heterocycles. The van der Waals surface area contributed by atoms with Crippen molar-refractivity contribution in [2.75, 3.05) is 13.1 Å². The number of hydrogen-bond donors (Lipinski definition) is 0. The maximum absolute atomic E-state index is 12.2. The Kier molecular flexibility index (Phi) is 6.86. The topological polar surface area (TPSA) is 77.7 Å². The van der Waals surface area contributed by atoms with Gasteiger partial charge in [0, 0.05) is 23.2 Å². The number of ether oxygens (including phenoxy) is 2. The molecule has 1 aromatic heterocycles. The van der Waals surface area contributed by atoms with Gasteiger partial charge in [0.25, 0.3) is 0 Å². The monoisotopic (exact) mass is 445 g/mol. The minimum atomic E-state index is -0.474. The standard InChI is InChI=1S/C23H31N3O4S/c1-23(2,3)29-22(27)26-12-10-17(11-13-26)28-15-20-24-21(30-25-20)14-16-4-6-18(7-5-16)31-19-8-9-19/h4-7,17,19H,8-15H2,1-3H3. The van der Waals surface area contributed by atoms with Gasteiger partial charge in [-0.25, -0.2) is 4.79 Å². The van der Waals surface area contributed by atoms with E-state index < -0.39 is 5.60 Å². The first-order valence-electron chi connectivity index (χ1n) is 11.0. The van der Waals surface area contributed by atoms with Gasteiger partial charge < -0.3 is 18.9 Å². The van der Waals surface area contributed by atoms with Gasteiger partial charge in [-0.1, -0.05) is 17.3 Å². The third-order valence-electron chi connectivity index (χ3n) is 5.16. The van der Waals surface area contributed by atoms with E-state index in [2.05, 4.69) is 34.4 Å². The van der Waals surface area contributed by atoms with Crippen molar-refractivity contribution < 1.29 is 18.8 Å². The first-order valence-corrected chi connectivity index (χ1v) is 11.9. The van der Waals surface area contributed by atoms with Gasteiger partial charge in [-0.15, -0.1) is 11.8 Å². The van der Waals surface area contributed by atoms with Crippen LogP contribution in [-0.2, 0) is 22.5 Å². The van der Waals surface area contributed by atoms with E-state index in [0.717, 1.165) is 23.7 Å². The van der Waals surface area contributed by atoms with Gasteiger partial charge in [-0.2, -0.15) is 4.98 Å². The summed E-state index contributed by atoms with van der Waals surface area (Å²) in [5, 5.41) is 4.86. The van der Waals surface area contributed by atoms with Crippen molar-refractivity contribution in [3.63, 3.8) is 0 Å². The van der Waals surface area contributed by atoms with Crippen LogP contribution in [0.15, 0.2) is 33.7 Å². The highest BCUT2D eigenvalue weighted by Crippen LogP contribution is 2.39. The predicted octanol–water partition coefficient (Wildman–Crippen LogP) is 4.83. The molecule has 0 atom stereocenters. The van der Waals surface area contributed by atoms with Crippen molar-refractivity contribution in [2.45, 2.75) is 81.3 Å². The summed E-state index contributed by atoms with van der Waals surface area (Å²) in [6.07, 6.45) is 4.66. The molecule has 1 aliphatic carbocycles. The van der Waals surface area contributed by atoms with Crippen LogP contribution >= 0.6 is 11.8 Å². The molecule has 0 spiro atoms. The number of aromatic nitrogens is 2. The highest BCUT2D eigenvalue weighted by atomic mass is 32.2. The van der Waals surface area contributed by atoms with E-state index >= 15 is 0 Å². The summed E-state index contributed by atoms with van der Waals surface area (Å²) in [5.41, 5.74) is 0.684. The predicted molar refractivity (Wildman–Crippen MR) is 118 cm³/mol. The number of carbonyl (C=O) groups is 1. The lowest BCUT2D eigenvalue weighted by molar-refractivity contribution is -0.0190. The largest absolute Gasteiger partial charge is 0.444 e. The van der Waals surface area contributed by atoms with Crippen LogP contribution in [0.2, 0.25) is 0 Å². The van der Waals surface area contributed by atoms with Gasteiger partial charge in [0.15, 0.2) is 5.82 Å². The van der Waals surface area contributed by atoms with Crippen molar-refractivity contribution in [2.24, 2.45) is 0 Å². The lowest BCUT2D eigenvalue weighted by Crippen LogP contribution is -2.43. The lowest BCUT2D eigenvalue weighted by Gasteiger charge is -2.33. The summed E-state index contributed by atoms with van der Waals surface area (Å²) in [4.78, 5) is 19.7. The third-order valence-corrected chi connectivity index (χ3v) is 6.51. The number of nitrogens with zero attached hydrogens (tertiary/aromatic N) is 3. The first-order chi connectivity index (χ1) is 14.8. The number of benzene rings is 1. The van der Waals surface area contributed by atoms with Crippen LogP contribution in [0.4, 0.5) is 4.79 Å². The fourth-order valence-corrected chi connectivity index (χ4v) is 4.43. The summed E-state index contributed by atoms with van der Waals surface area (Å²) in [5.74, 6) is 1.16. The second-order valence-corrected chi connectivity index (χ2v) is 10.6. The molecule has 1 saturated carbocycles. The zero-order chi connectivity index (χ0) is 21.8. The molecule has 168 valence electrons. The molecule has 1 saturated heterocycles. The molecule has 7 nitrogen and oxygen atoms in total. The van der Waals surface area contributed by atoms with Gasteiger partial charge in [0.1, 0.15) is 12.2 Å². The molecule has 2 aliphatic rings. The Labute approximate surface area is 187 Å². The van der Waals surface area contributed by atoms with Gasteiger partial charge in [-0.05, 0) is 64.2 Å². The van der Waals surface area contributed by atoms with Gasteiger partial charge in [0.2, 0.25) is 5.89 Å². The smallest absolute Gasteiger partial charge is 0.410 e. The number of likely N-dealkylation sites (tertiary alicyclic amines) is 1. The molecule has 2 aromatic rings. The summed E-state index contributed by atoms with van der Waals surface area (Å²) in [6, 6.07) is 8.60. The number of carbonyl (C=O) groups excluding carboxylic acids is 1. The highest BCUT2D eigenvalue weighted by molar-refractivity contribution is 8.00. The highest BCUT2D eigenvalue weighted by Gasteiger charge is 2.27. The van der Waals surface area contributed by atoms with Crippen molar-refractivity contribution in [1.29, 1.82) is 0 Å². The van der Waals surface area contributed by atoms with E-state index in [0.29, 0.717) is 37.8 Å². The minimum absolute atomic E-state index is 0.0807. The number of rotatable bonds is 7. The molecular weight excluding hydrogens is 414 g/mol. The molecule has 1 aromatic carbocycles. The summed E-state index contributed by atoms with van der Waals surface area (Å²) in [6.45, 7) is 7.21. The van der Waals surface area contributed by atoms with E-state index in [1.165, 1.54) is 17.7 Å². The first kappa shape index (κ1) is 22.1. The molecule has 8 heteroatoms. The normalized spacial score (nSPS) is 17.7. The number of amides is 1. The Bertz CT molecular complexity index is 866. The molecule has 1 aliphatic heterocycles. The van der Waals surface area contributed by atoms with Gasteiger partial charge in [-0.3, -0.25) is 0 Å². The minimum Gasteiger partial charge on any atom is -0.444 e. The van der Waals surface area contributed by atoms with Gasteiger partial charge in [0.05, 0.1) is 12.5 Å². The average Bonchev–Trinajstić information content (AvgIpc) is 3.43. The van der Waals surface area contributed by atoms with Crippen molar-refractivity contribution >= 4 is 17.9 Å². The van der Waals surface area contributed by atoms with E-state index in [4.69, 9.17) is 14.0 Å². The zero-order valence-electron chi connectivity index (χ0n) is 18.5. The summed E-state index contributed by atoms with van der Waals surface area (Å²) >= 11 is 1.96. The molecule has 0 radical (unpaired) electrons. The quantitative estimate of drug-likeness (QED) is 0.604. The van der Waals surface area contributed by atoms with Crippen LogP contribution in [-0.4, -0.2) is 51.2 Å². The SMILES string of the molecule is CC(C)(C)OC(=O)N1CCC(OCc2noc(Cc3ccc(SC4CC4)cc3)n2)CC1. The molecule has 0 bridgehead atoms. The third kappa shape index (κ3) is 6.97. The number of thioether (sulfide) groups is 1. The van der Waals surface area contributed by atoms with Crippen LogP contribution in [0, 0.1) is 0 Å². The molecule has 0 N–H and O–H groups in total. The summed E-state index contributed by atoms with van der Waals surface area (Å²) < 4.78 is 16.8. The Morgan fingerprint density at radius 3 is 2.52 bits per heavy atom. The van der Waals surface area contributed by atoms with E-state index in [-0.39, 0.29) is 12.2 Å². The van der Waals surface area contributed by atoms with E-state index in [1.807, 2.05) is 32.5 Å². The molecular formula is C23H31N3O4S. The maximum Gasteiger partial charge on any atom is 0.410 e. The van der Waals surface area contributed by atoms with Crippen LogP contribution in [0.25, 0.3) is 0 Å². The van der Waals surface area contributed by atoms with Crippen LogP contribution in [0.3, 0.4) is 0 Å². The fraction of sp³-hybridized carbons (Fsp3) is 0.609.